The van der Waals surface area contributed by atoms with Crippen molar-refractivity contribution in [1.82, 2.24) is 14.8 Å². The number of thioether (sulfide) groups is 1. The Kier molecular flexibility index (Phi) is 5.16. The minimum absolute atomic E-state index is 0.311. The molecule has 3 aromatic rings. The molecule has 0 aromatic carbocycles. The van der Waals surface area contributed by atoms with Gasteiger partial charge in [0, 0.05) is 11.7 Å². The molecule has 0 bridgehead atoms. The van der Waals surface area contributed by atoms with E-state index in [0.717, 1.165) is 28.0 Å². The second-order valence-corrected chi connectivity index (χ2v) is 7.43. The van der Waals surface area contributed by atoms with Crippen molar-refractivity contribution >= 4 is 23.1 Å². The van der Waals surface area contributed by atoms with E-state index in [4.69, 9.17) is 9.68 Å². The van der Waals surface area contributed by atoms with Gasteiger partial charge in [-0.15, -0.1) is 21.5 Å². The third-order valence-corrected chi connectivity index (χ3v) is 5.34. The van der Waals surface area contributed by atoms with Gasteiger partial charge in [0.05, 0.1) is 23.8 Å². The normalized spacial score (nSPS) is 12.2. The van der Waals surface area contributed by atoms with E-state index in [2.05, 4.69) is 27.8 Å². The van der Waals surface area contributed by atoms with Gasteiger partial charge in [0.25, 0.3) is 0 Å². The molecule has 3 rings (SSSR count). The van der Waals surface area contributed by atoms with Gasteiger partial charge in [0.1, 0.15) is 5.76 Å². The van der Waals surface area contributed by atoms with Crippen LogP contribution in [0.15, 0.2) is 45.5 Å². The Labute approximate surface area is 143 Å². The van der Waals surface area contributed by atoms with Gasteiger partial charge in [0.2, 0.25) is 0 Å². The molecule has 0 amide bonds. The number of nitriles is 1. The van der Waals surface area contributed by atoms with E-state index in [-0.39, 0.29) is 0 Å². The van der Waals surface area contributed by atoms with Crippen LogP contribution in [0.2, 0.25) is 0 Å². The summed E-state index contributed by atoms with van der Waals surface area (Å²) in [4.78, 5) is 1.08. The molecule has 0 aliphatic carbocycles. The highest BCUT2D eigenvalue weighted by Gasteiger charge is 2.18. The van der Waals surface area contributed by atoms with Crippen LogP contribution in [0, 0.1) is 11.3 Å². The lowest BCUT2D eigenvalue weighted by atomic mass is 10.3. The summed E-state index contributed by atoms with van der Waals surface area (Å²) in [5.41, 5.74) is 0. The fraction of sp³-hybridized carbons (Fsp3) is 0.312. The Hall–Kier alpha value is -2.04. The van der Waals surface area contributed by atoms with Crippen LogP contribution in [-0.4, -0.2) is 20.0 Å². The molecule has 3 aromatic heterocycles. The zero-order valence-electron chi connectivity index (χ0n) is 12.7. The quantitative estimate of drug-likeness (QED) is 0.593. The Morgan fingerprint density at radius 2 is 2.30 bits per heavy atom. The smallest absolute Gasteiger partial charge is 0.192 e. The van der Waals surface area contributed by atoms with Gasteiger partial charge >= 0.3 is 0 Å². The Bertz CT molecular complexity index is 772. The molecule has 0 radical (unpaired) electrons. The zero-order valence-corrected chi connectivity index (χ0v) is 14.3. The molecule has 0 N–H and O–H groups in total. The van der Waals surface area contributed by atoms with Crippen molar-refractivity contribution in [3.8, 4) is 16.8 Å². The first-order valence-corrected chi connectivity index (χ1v) is 9.07. The SMILES string of the molecule is C[C@@H](CCC#N)Sc1nnc(-c2cccs2)n1Cc1ccco1. The first-order valence-electron chi connectivity index (χ1n) is 7.31. The molecule has 0 unspecified atom stereocenters. The van der Waals surface area contributed by atoms with Crippen LogP contribution >= 0.6 is 23.1 Å². The second kappa shape index (κ2) is 7.49. The number of aromatic nitrogens is 3. The lowest BCUT2D eigenvalue weighted by molar-refractivity contribution is 0.485. The third-order valence-electron chi connectivity index (χ3n) is 3.32. The molecule has 0 aliphatic heterocycles. The maximum atomic E-state index is 8.73. The molecule has 23 heavy (non-hydrogen) atoms. The highest BCUT2D eigenvalue weighted by molar-refractivity contribution is 7.99. The average Bonchev–Trinajstić information content (AvgIpc) is 3.28. The van der Waals surface area contributed by atoms with Gasteiger partial charge in [-0.1, -0.05) is 24.8 Å². The predicted octanol–water partition coefficient (Wildman–Crippen LogP) is 4.43. The molecule has 118 valence electrons. The molecular formula is C16H16N4OS2. The number of hydrogen-bond acceptors (Lipinski definition) is 6. The van der Waals surface area contributed by atoms with Crippen LogP contribution in [0.5, 0.6) is 0 Å². The summed E-state index contributed by atoms with van der Waals surface area (Å²) in [6, 6.07) is 10.1. The Balaban J connectivity index is 1.88. The van der Waals surface area contributed by atoms with E-state index in [1.54, 1.807) is 29.4 Å². The fourth-order valence-corrected chi connectivity index (χ4v) is 3.85. The minimum atomic E-state index is 0.311. The molecule has 0 aliphatic rings. The lowest BCUT2D eigenvalue weighted by Crippen LogP contribution is -2.05. The van der Waals surface area contributed by atoms with Crippen LogP contribution in [-0.2, 0) is 6.54 Å². The van der Waals surface area contributed by atoms with E-state index in [1.807, 2.05) is 29.6 Å². The molecule has 1 atom stereocenters. The second-order valence-electron chi connectivity index (χ2n) is 5.07. The molecular weight excluding hydrogens is 328 g/mol. The van der Waals surface area contributed by atoms with Crippen LogP contribution in [0.4, 0.5) is 0 Å². The summed E-state index contributed by atoms with van der Waals surface area (Å²) in [7, 11) is 0. The summed E-state index contributed by atoms with van der Waals surface area (Å²) >= 11 is 3.29. The van der Waals surface area contributed by atoms with Crippen molar-refractivity contribution in [3.63, 3.8) is 0 Å². The maximum absolute atomic E-state index is 8.73. The topological polar surface area (TPSA) is 67.6 Å². The van der Waals surface area contributed by atoms with Crippen LogP contribution < -0.4 is 0 Å². The predicted molar refractivity (Wildman–Crippen MR) is 91.3 cm³/mol. The average molecular weight is 344 g/mol. The van der Waals surface area contributed by atoms with Gasteiger partial charge < -0.3 is 4.42 Å². The highest BCUT2D eigenvalue weighted by Crippen LogP contribution is 2.31. The molecule has 3 heterocycles. The van der Waals surface area contributed by atoms with Crippen LogP contribution in [0.1, 0.15) is 25.5 Å². The summed E-state index contributed by atoms with van der Waals surface area (Å²) in [5, 5.41) is 20.7. The van der Waals surface area contributed by atoms with E-state index in [9.17, 15) is 0 Å². The number of nitrogens with zero attached hydrogens (tertiary/aromatic N) is 4. The number of rotatable bonds is 7. The van der Waals surface area contributed by atoms with Crippen molar-refractivity contribution in [2.75, 3.05) is 0 Å². The van der Waals surface area contributed by atoms with Crippen molar-refractivity contribution in [2.24, 2.45) is 0 Å². The lowest BCUT2D eigenvalue weighted by Gasteiger charge is -2.11. The Morgan fingerprint density at radius 3 is 3.00 bits per heavy atom. The number of thiophene rings is 1. The number of furan rings is 1. The first-order chi connectivity index (χ1) is 11.3. The molecule has 0 saturated heterocycles. The van der Waals surface area contributed by atoms with Crippen molar-refractivity contribution in [3.05, 3.63) is 41.7 Å². The minimum Gasteiger partial charge on any atom is -0.467 e. The largest absolute Gasteiger partial charge is 0.467 e. The van der Waals surface area contributed by atoms with E-state index < -0.39 is 0 Å². The van der Waals surface area contributed by atoms with Crippen LogP contribution in [0.3, 0.4) is 0 Å². The van der Waals surface area contributed by atoms with Gasteiger partial charge in [-0.2, -0.15) is 5.26 Å². The van der Waals surface area contributed by atoms with Crippen molar-refractivity contribution < 1.29 is 4.42 Å². The van der Waals surface area contributed by atoms with Crippen molar-refractivity contribution in [1.29, 1.82) is 5.26 Å². The summed E-state index contributed by atoms with van der Waals surface area (Å²) in [6.45, 7) is 2.71. The summed E-state index contributed by atoms with van der Waals surface area (Å²) < 4.78 is 7.56. The molecule has 0 spiro atoms. The number of hydrogen-bond donors (Lipinski definition) is 0. The molecule has 0 saturated carbocycles. The molecule has 0 fully saturated rings. The van der Waals surface area contributed by atoms with Gasteiger partial charge in [-0.3, -0.25) is 4.57 Å². The third kappa shape index (κ3) is 3.84. The van der Waals surface area contributed by atoms with Gasteiger partial charge in [0.15, 0.2) is 11.0 Å². The van der Waals surface area contributed by atoms with E-state index >= 15 is 0 Å². The molecule has 5 nitrogen and oxygen atoms in total. The highest BCUT2D eigenvalue weighted by atomic mass is 32.2. The monoisotopic (exact) mass is 344 g/mol. The van der Waals surface area contributed by atoms with Crippen LogP contribution in [0.25, 0.3) is 10.7 Å². The standard InChI is InChI=1S/C16H16N4OS2/c1-12(5-2-8-17)23-16-19-18-15(14-7-4-10-22-14)20(16)11-13-6-3-9-21-13/h3-4,6-7,9-10,12H,2,5,11H2,1H3/t12-/m0/s1. The van der Waals surface area contributed by atoms with Gasteiger partial charge in [-0.05, 0) is 30.0 Å². The van der Waals surface area contributed by atoms with Crippen molar-refractivity contribution in [2.45, 2.75) is 36.7 Å². The van der Waals surface area contributed by atoms with E-state index in [1.165, 1.54) is 0 Å². The maximum Gasteiger partial charge on any atom is 0.192 e. The zero-order chi connectivity index (χ0) is 16.1. The summed E-state index contributed by atoms with van der Waals surface area (Å²) in [6.07, 6.45) is 3.06. The Morgan fingerprint density at radius 1 is 1.39 bits per heavy atom. The molecule has 7 heteroatoms. The van der Waals surface area contributed by atoms with E-state index in [0.29, 0.717) is 18.2 Å². The summed E-state index contributed by atoms with van der Waals surface area (Å²) in [5.74, 6) is 1.72. The fourth-order valence-electron chi connectivity index (χ4n) is 2.17. The first kappa shape index (κ1) is 15.8. The van der Waals surface area contributed by atoms with Gasteiger partial charge in [-0.25, -0.2) is 0 Å².